The van der Waals surface area contributed by atoms with Gasteiger partial charge in [0, 0.05) is 13.1 Å². The Morgan fingerprint density at radius 2 is 2.35 bits per heavy atom. The van der Waals surface area contributed by atoms with Crippen LogP contribution in [0.5, 0.6) is 0 Å². The summed E-state index contributed by atoms with van der Waals surface area (Å²) in [6, 6.07) is 2.74. The molecule has 1 fully saturated rings. The van der Waals surface area contributed by atoms with Gasteiger partial charge >= 0.3 is 0 Å². The highest BCUT2D eigenvalue weighted by Gasteiger charge is 2.39. The molecule has 0 aliphatic carbocycles. The van der Waals surface area contributed by atoms with Crippen molar-refractivity contribution in [2.75, 3.05) is 13.1 Å². The Hall–Kier alpha value is -0.920. The van der Waals surface area contributed by atoms with Crippen LogP contribution in [0.3, 0.4) is 0 Å². The van der Waals surface area contributed by atoms with Gasteiger partial charge < -0.3 is 5.32 Å². The summed E-state index contributed by atoms with van der Waals surface area (Å²) in [4.78, 5) is 12.1. The maximum Gasteiger partial charge on any atom is 0.253 e. The van der Waals surface area contributed by atoms with Crippen LogP contribution in [0.4, 0.5) is 0 Å². The average molecular weight is 316 g/mol. The van der Waals surface area contributed by atoms with E-state index in [1.165, 1.54) is 15.6 Å². The van der Waals surface area contributed by atoms with Gasteiger partial charge in [-0.1, -0.05) is 19.4 Å². The van der Waals surface area contributed by atoms with Gasteiger partial charge in [0.1, 0.15) is 10.3 Å². The van der Waals surface area contributed by atoms with Gasteiger partial charge in [-0.05, 0) is 30.7 Å². The highest BCUT2D eigenvalue weighted by atomic mass is 32.2. The van der Waals surface area contributed by atoms with Crippen molar-refractivity contribution in [3.63, 3.8) is 0 Å². The summed E-state index contributed by atoms with van der Waals surface area (Å²) in [6.07, 6.45) is 3.25. The van der Waals surface area contributed by atoms with Gasteiger partial charge in [-0.2, -0.15) is 4.31 Å². The van der Waals surface area contributed by atoms with E-state index >= 15 is 0 Å². The van der Waals surface area contributed by atoms with E-state index in [9.17, 15) is 13.2 Å². The molecule has 7 heteroatoms. The average Bonchev–Trinajstić information content (AvgIpc) is 3.10. The topological polar surface area (TPSA) is 66.5 Å². The number of thiophene rings is 1. The van der Waals surface area contributed by atoms with Crippen LogP contribution in [0.25, 0.3) is 0 Å². The summed E-state index contributed by atoms with van der Waals surface area (Å²) < 4.78 is 26.7. The maximum absolute atomic E-state index is 12.5. The second kappa shape index (κ2) is 6.69. The van der Waals surface area contributed by atoms with E-state index in [4.69, 9.17) is 0 Å². The standard InChI is InChI=1S/C13H20N2O3S2/c1-2-3-8-14-13(16)11-6-4-9-15(11)20(17,18)12-7-5-10-19-12/h5,7,10-11H,2-4,6,8-9H2,1H3,(H,14,16). The first-order valence-corrected chi connectivity index (χ1v) is 9.22. The van der Waals surface area contributed by atoms with Crippen LogP contribution in [0.1, 0.15) is 32.6 Å². The Bertz CT molecular complexity index is 540. The van der Waals surface area contributed by atoms with E-state index in [0.717, 1.165) is 19.3 Å². The molecule has 1 aliphatic heterocycles. The van der Waals surface area contributed by atoms with E-state index in [1.807, 2.05) is 0 Å². The minimum Gasteiger partial charge on any atom is -0.355 e. The van der Waals surface area contributed by atoms with E-state index < -0.39 is 16.1 Å². The predicted octanol–water partition coefficient (Wildman–Crippen LogP) is 1.82. The molecule has 2 rings (SSSR count). The summed E-state index contributed by atoms with van der Waals surface area (Å²) in [5, 5.41) is 4.57. The first kappa shape index (κ1) is 15.5. The molecular formula is C13H20N2O3S2. The van der Waals surface area contributed by atoms with Crippen molar-refractivity contribution in [3.8, 4) is 0 Å². The lowest BCUT2D eigenvalue weighted by atomic mass is 10.2. The summed E-state index contributed by atoms with van der Waals surface area (Å²) >= 11 is 1.19. The zero-order valence-corrected chi connectivity index (χ0v) is 13.2. The summed E-state index contributed by atoms with van der Waals surface area (Å²) in [5.74, 6) is -0.170. The zero-order chi connectivity index (χ0) is 14.6. The summed E-state index contributed by atoms with van der Waals surface area (Å²) in [7, 11) is -3.53. The number of nitrogens with zero attached hydrogens (tertiary/aromatic N) is 1. The molecule has 1 N–H and O–H groups in total. The fourth-order valence-corrected chi connectivity index (χ4v) is 5.10. The Morgan fingerprint density at radius 3 is 3.00 bits per heavy atom. The van der Waals surface area contributed by atoms with Gasteiger partial charge in [0.25, 0.3) is 10.0 Å². The first-order chi connectivity index (χ1) is 9.57. The molecule has 1 atom stereocenters. The van der Waals surface area contributed by atoms with E-state index in [-0.39, 0.29) is 5.91 Å². The molecule has 20 heavy (non-hydrogen) atoms. The third-order valence-corrected chi connectivity index (χ3v) is 6.68. The zero-order valence-electron chi connectivity index (χ0n) is 11.5. The molecule has 0 aromatic carbocycles. The first-order valence-electron chi connectivity index (χ1n) is 6.90. The second-order valence-corrected chi connectivity index (χ2v) is 7.92. The number of sulfonamides is 1. The number of carbonyl (C=O) groups is 1. The molecule has 1 saturated heterocycles. The third-order valence-electron chi connectivity index (χ3n) is 3.39. The lowest BCUT2D eigenvalue weighted by molar-refractivity contribution is -0.124. The number of carbonyl (C=O) groups excluding carboxylic acids is 1. The Morgan fingerprint density at radius 1 is 1.55 bits per heavy atom. The molecule has 2 heterocycles. The minimum atomic E-state index is -3.53. The van der Waals surface area contributed by atoms with Crippen molar-refractivity contribution in [1.29, 1.82) is 0 Å². The molecule has 5 nitrogen and oxygen atoms in total. The normalized spacial score (nSPS) is 20.1. The SMILES string of the molecule is CCCCNC(=O)C1CCCN1S(=O)(=O)c1cccs1. The largest absolute Gasteiger partial charge is 0.355 e. The van der Waals surface area contributed by atoms with Crippen molar-refractivity contribution in [3.05, 3.63) is 17.5 Å². The molecule has 1 amide bonds. The van der Waals surface area contributed by atoms with Crippen LogP contribution in [-0.2, 0) is 14.8 Å². The molecule has 1 aromatic rings. The van der Waals surface area contributed by atoms with Gasteiger partial charge in [-0.3, -0.25) is 4.79 Å². The lowest BCUT2D eigenvalue weighted by Crippen LogP contribution is -2.45. The fraction of sp³-hybridized carbons (Fsp3) is 0.615. The van der Waals surface area contributed by atoms with Crippen LogP contribution < -0.4 is 5.32 Å². The number of hydrogen-bond donors (Lipinski definition) is 1. The number of nitrogens with one attached hydrogen (secondary N) is 1. The monoisotopic (exact) mass is 316 g/mol. The molecule has 0 bridgehead atoms. The number of amides is 1. The maximum atomic E-state index is 12.5. The van der Waals surface area contributed by atoms with Crippen molar-refractivity contribution in [1.82, 2.24) is 9.62 Å². The predicted molar refractivity (Wildman–Crippen MR) is 79.2 cm³/mol. The number of unbranched alkanes of at least 4 members (excludes halogenated alkanes) is 1. The molecular weight excluding hydrogens is 296 g/mol. The molecule has 0 radical (unpaired) electrons. The molecule has 0 saturated carbocycles. The molecule has 0 spiro atoms. The summed E-state index contributed by atoms with van der Waals surface area (Å²) in [5.41, 5.74) is 0. The van der Waals surface area contributed by atoms with Crippen LogP contribution in [0.2, 0.25) is 0 Å². The molecule has 1 unspecified atom stereocenters. The van der Waals surface area contributed by atoms with E-state index in [2.05, 4.69) is 12.2 Å². The van der Waals surface area contributed by atoms with Crippen molar-refractivity contribution in [2.45, 2.75) is 42.9 Å². The summed E-state index contributed by atoms with van der Waals surface area (Å²) in [6.45, 7) is 3.08. The van der Waals surface area contributed by atoms with Gasteiger partial charge in [0.15, 0.2) is 0 Å². The number of rotatable bonds is 6. The second-order valence-electron chi connectivity index (χ2n) is 4.85. The minimum absolute atomic E-state index is 0.170. The molecule has 112 valence electrons. The smallest absolute Gasteiger partial charge is 0.253 e. The van der Waals surface area contributed by atoms with E-state index in [0.29, 0.717) is 23.7 Å². The van der Waals surface area contributed by atoms with Crippen LogP contribution >= 0.6 is 11.3 Å². The van der Waals surface area contributed by atoms with Crippen LogP contribution in [0.15, 0.2) is 21.7 Å². The Kier molecular flexibility index (Phi) is 5.17. The fourth-order valence-electron chi connectivity index (χ4n) is 2.32. The van der Waals surface area contributed by atoms with Crippen LogP contribution in [-0.4, -0.2) is 37.8 Å². The molecule has 1 aliphatic rings. The van der Waals surface area contributed by atoms with Crippen molar-refractivity contribution < 1.29 is 13.2 Å². The van der Waals surface area contributed by atoms with Gasteiger partial charge in [0.2, 0.25) is 5.91 Å². The Balaban J connectivity index is 2.09. The lowest BCUT2D eigenvalue weighted by Gasteiger charge is -2.22. The van der Waals surface area contributed by atoms with Crippen LogP contribution in [0, 0.1) is 0 Å². The van der Waals surface area contributed by atoms with Gasteiger partial charge in [-0.15, -0.1) is 11.3 Å². The van der Waals surface area contributed by atoms with Gasteiger partial charge in [0.05, 0.1) is 0 Å². The van der Waals surface area contributed by atoms with Crippen molar-refractivity contribution >= 4 is 27.3 Å². The molecule has 1 aromatic heterocycles. The Labute approximate surface area is 124 Å². The highest BCUT2D eigenvalue weighted by molar-refractivity contribution is 7.91. The van der Waals surface area contributed by atoms with Crippen molar-refractivity contribution in [2.24, 2.45) is 0 Å². The van der Waals surface area contributed by atoms with Gasteiger partial charge in [-0.25, -0.2) is 8.42 Å². The quantitative estimate of drug-likeness (QED) is 0.814. The highest BCUT2D eigenvalue weighted by Crippen LogP contribution is 2.28. The van der Waals surface area contributed by atoms with E-state index in [1.54, 1.807) is 17.5 Å². The third kappa shape index (κ3) is 3.21. The number of hydrogen-bond acceptors (Lipinski definition) is 4.